The van der Waals surface area contributed by atoms with Crippen LogP contribution >= 0.6 is 23.2 Å². The number of hydrogen-bond acceptors (Lipinski definition) is 3. The summed E-state index contributed by atoms with van der Waals surface area (Å²) in [5, 5.41) is 0.638. The third kappa shape index (κ3) is 3.66. The van der Waals surface area contributed by atoms with Crippen molar-refractivity contribution in [1.29, 1.82) is 0 Å². The summed E-state index contributed by atoms with van der Waals surface area (Å²) in [6.45, 7) is 0. The Balaban J connectivity index is 2.35. The number of benzene rings is 2. The van der Waals surface area contributed by atoms with Gasteiger partial charge in [-0.1, -0.05) is 35.3 Å². The molecule has 0 radical (unpaired) electrons. The molecule has 0 bridgehead atoms. The molecule has 0 heterocycles. The summed E-state index contributed by atoms with van der Waals surface area (Å²) < 4.78 is 19.4. The zero-order valence-electron chi connectivity index (χ0n) is 11.4. The molecule has 2 rings (SSSR count). The van der Waals surface area contributed by atoms with Crippen molar-refractivity contribution in [1.82, 2.24) is 5.43 Å². The molecule has 0 saturated heterocycles. The lowest BCUT2D eigenvalue weighted by molar-refractivity contribution is 0.404. The Kier molecular flexibility index (Phi) is 5.42. The first kappa shape index (κ1) is 16.0. The fraction of sp³-hybridized carbons (Fsp3) is 0.200. The number of halogens is 3. The third-order valence-electron chi connectivity index (χ3n) is 3.22. The van der Waals surface area contributed by atoms with Gasteiger partial charge in [-0.15, -0.1) is 0 Å². The molecule has 0 aliphatic carbocycles. The molecule has 0 spiro atoms. The highest BCUT2D eigenvalue weighted by Crippen LogP contribution is 2.30. The zero-order chi connectivity index (χ0) is 15.4. The van der Waals surface area contributed by atoms with Gasteiger partial charge in [-0.05, 0) is 36.2 Å². The van der Waals surface area contributed by atoms with Crippen LogP contribution in [0.25, 0.3) is 0 Å². The van der Waals surface area contributed by atoms with Crippen LogP contribution < -0.4 is 16.0 Å². The smallest absolute Gasteiger partial charge is 0.146 e. The number of ether oxygens (including phenoxy) is 1. The summed E-state index contributed by atoms with van der Waals surface area (Å²) in [4.78, 5) is 0. The van der Waals surface area contributed by atoms with E-state index < -0.39 is 11.9 Å². The van der Waals surface area contributed by atoms with Crippen LogP contribution in [0, 0.1) is 5.82 Å². The lowest BCUT2D eigenvalue weighted by Gasteiger charge is -2.19. The summed E-state index contributed by atoms with van der Waals surface area (Å²) in [6.07, 6.45) is 0.414. The maximum Gasteiger partial charge on any atom is 0.146 e. The van der Waals surface area contributed by atoms with E-state index in [1.165, 1.54) is 6.07 Å². The predicted octanol–water partition coefficient (Wildman–Crippen LogP) is 3.89. The maximum atomic E-state index is 14.1. The van der Waals surface area contributed by atoms with Crippen LogP contribution in [-0.2, 0) is 6.42 Å². The average molecular weight is 329 g/mol. The Morgan fingerprint density at radius 2 is 2.05 bits per heavy atom. The Morgan fingerprint density at radius 1 is 1.29 bits per heavy atom. The van der Waals surface area contributed by atoms with Gasteiger partial charge in [-0.3, -0.25) is 11.3 Å². The van der Waals surface area contributed by atoms with E-state index >= 15 is 0 Å². The van der Waals surface area contributed by atoms with Crippen molar-refractivity contribution in [3.05, 3.63) is 63.4 Å². The average Bonchev–Trinajstić information content (AvgIpc) is 2.48. The summed E-state index contributed by atoms with van der Waals surface area (Å²) in [6, 6.07) is 9.63. The van der Waals surface area contributed by atoms with Gasteiger partial charge in [0, 0.05) is 10.6 Å². The van der Waals surface area contributed by atoms with E-state index in [1.54, 1.807) is 37.4 Å². The monoisotopic (exact) mass is 328 g/mol. The van der Waals surface area contributed by atoms with E-state index in [-0.39, 0.29) is 5.02 Å². The molecule has 112 valence electrons. The molecule has 0 aliphatic rings. The van der Waals surface area contributed by atoms with Gasteiger partial charge >= 0.3 is 0 Å². The largest absolute Gasteiger partial charge is 0.496 e. The highest BCUT2D eigenvalue weighted by molar-refractivity contribution is 6.31. The normalized spacial score (nSPS) is 12.2. The van der Waals surface area contributed by atoms with Crippen LogP contribution in [0.5, 0.6) is 5.75 Å². The molecule has 2 aromatic carbocycles. The Labute approximate surface area is 132 Å². The molecule has 3 nitrogen and oxygen atoms in total. The highest BCUT2D eigenvalue weighted by Gasteiger charge is 2.18. The number of hydrogen-bond donors (Lipinski definition) is 2. The predicted molar refractivity (Wildman–Crippen MR) is 83.2 cm³/mol. The Hall–Kier alpha value is -1.33. The van der Waals surface area contributed by atoms with Gasteiger partial charge in [-0.2, -0.15) is 0 Å². The van der Waals surface area contributed by atoms with Gasteiger partial charge < -0.3 is 4.74 Å². The second-order valence-corrected chi connectivity index (χ2v) is 5.37. The molecule has 0 saturated carbocycles. The molecule has 6 heteroatoms. The first-order valence-electron chi connectivity index (χ1n) is 6.29. The van der Waals surface area contributed by atoms with Crippen LogP contribution in [0.3, 0.4) is 0 Å². The Bertz CT molecular complexity index is 637. The van der Waals surface area contributed by atoms with E-state index in [2.05, 4.69) is 5.43 Å². The van der Waals surface area contributed by atoms with Crippen LogP contribution in [0.1, 0.15) is 17.2 Å². The van der Waals surface area contributed by atoms with Crippen molar-refractivity contribution in [2.75, 3.05) is 7.11 Å². The van der Waals surface area contributed by atoms with Gasteiger partial charge in [0.15, 0.2) is 0 Å². The minimum Gasteiger partial charge on any atom is -0.496 e. The number of nitrogens with two attached hydrogens (primary N) is 1. The number of hydrazine groups is 1. The van der Waals surface area contributed by atoms with Crippen molar-refractivity contribution in [2.45, 2.75) is 12.5 Å². The van der Waals surface area contributed by atoms with Crippen LogP contribution in [-0.4, -0.2) is 7.11 Å². The zero-order valence-corrected chi connectivity index (χ0v) is 12.9. The van der Waals surface area contributed by atoms with Crippen LogP contribution in [0.2, 0.25) is 10.0 Å². The van der Waals surface area contributed by atoms with E-state index in [9.17, 15) is 4.39 Å². The third-order valence-corrected chi connectivity index (χ3v) is 3.75. The standard InChI is InChI=1S/C15H15Cl2FN2O/c1-21-14-6-5-10(16)7-9(14)8-13(20-19)11-3-2-4-12(17)15(11)18/h2-7,13,20H,8,19H2,1H3. The summed E-state index contributed by atoms with van der Waals surface area (Å²) in [5.41, 5.74) is 3.83. The minimum absolute atomic E-state index is 0.0609. The van der Waals surface area contributed by atoms with E-state index in [1.807, 2.05) is 0 Å². The van der Waals surface area contributed by atoms with E-state index in [4.69, 9.17) is 33.8 Å². The molecule has 3 N–H and O–H groups in total. The highest BCUT2D eigenvalue weighted by atomic mass is 35.5. The second-order valence-electron chi connectivity index (χ2n) is 4.52. The first-order valence-corrected chi connectivity index (χ1v) is 7.05. The molecular weight excluding hydrogens is 314 g/mol. The minimum atomic E-state index is -0.483. The molecule has 1 atom stereocenters. The van der Waals surface area contributed by atoms with Gasteiger partial charge in [0.1, 0.15) is 11.6 Å². The van der Waals surface area contributed by atoms with Crippen molar-refractivity contribution < 1.29 is 9.13 Å². The number of methoxy groups -OCH3 is 1. The van der Waals surface area contributed by atoms with Crippen molar-refractivity contribution in [3.8, 4) is 5.75 Å². The van der Waals surface area contributed by atoms with Crippen LogP contribution in [0.4, 0.5) is 4.39 Å². The quantitative estimate of drug-likeness (QED) is 0.646. The molecule has 21 heavy (non-hydrogen) atoms. The lowest BCUT2D eigenvalue weighted by Crippen LogP contribution is -2.30. The molecule has 0 aromatic heterocycles. The number of nitrogens with one attached hydrogen (secondary N) is 1. The first-order chi connectivity index (χ1) is 10.1. The van der Waals surface area contributed by atoms with Crippen molar-refractivity contribution in [2.24, 2.45) is 5.84 Å². The topological polar surface area (TPSA) is 47.3 Å². The SMILES string of the molecule is COc1ccc(Cl)cc1CC(NN)c1cccc(Cl)c1F. The molecule has 2 aromatic rings. The van der Waals surface area contributed by atoms with Crippen LogP contribution in [0.15, 0.2) is 36.4 Å². The van der Waals surface area contributed by atoms with Crippen molar-refractivity contribution in [3.63, 3.8) is 0 Å². The van der Waals surface area contributed by atoms with Gasteiger partial charge in [-0.25, -0.2) is 4.39 Å². The van der Waals surface area contributed by atoms with Crippen molar-refractivity contribution >= 4 is 23.2 Å². The van der Waals surface area contributed by atoms with E-state index in [0.29, 0.717) is 22.8 Å². The van der Waals surface area contributed by atoms with Gasteiger partial charge in [0.2, 0.25) is 0 Å². The molecular formula is C15H15Cl2FN2O. The molecule has 0 amide bonds. The summed E-state index contributed by atoms with van der Waals surface area (Å²) >= 11 is 11.8. The summed E-state index contributed by atoms with van der Waals surface area (Å²) in [7, 11) is 1.57. The molecule has 1 unspecified atom stereocenters. The fourth-order valence-corrected chi connectivity index (χ4v) is 2.55. The van der Waals surface area contributed by atoms with Gasteiger partial charge in [0.25, 0.3) is 0 Å². The summed E-state index contributed by atoms with van der Waals surface area (Å²) in [5.74, 6) is 5.75. The fourth-order valence-electron chi connectivity index (χ4n) is 2.17. The number of rotatable bonds is 5. The van der Waals surface area contributed by atoms with E-state index in [0.717, 1.165) is 5.56 Å². The van der Waals surface area contributed by atoms with Gasteiger partial charge in [0.05, 0.1) is 18.2 Å². The lowest BCUT2D eigenvalue weighted by atomic mass is 9.98. The molecule has 0 aliphatic heterocycles. The molecule has 0 fully saturated rings. The second kappa shape index (κ2) is 7.09. The maximum absolute atomic E-state index is 14.1. The Morgan fingerprint density at radius 3 is 2.71 bits per heavy atom.